The van der Waals surface area contributed by atoms with Gasteiger partial charge in [0.1, 0.15) is 0 Å². The van der Waals surface area contributed by atoms with Crippen LogP contribution in [0.5, 0.6) is 0 Å². The van der Waals surface area contributed by atoms with Crippen LogP contribution < -0.4 is 11.1 Å². The van der Waals surface area contributed by atoms with E-state index in [1.807, 2.05) is 0 Å². The van der Waals surface area contributed by atoms with Crippen LogP contribution in [0.4, 0.5) is 0 Å². The van der Waals surface area contributed by atoms with E-state index in [1.165, 1.54) is 25.7 Å². The first-order valence-electron chi connectivity index (χ1n) is 5.11. The van der Waals surface area contributed by atoms with Gasteiger partial charge in [-0.2, -0.15) is 0 Å². The normalized spacial score (nSPS) is 34.1. The minimum Gasteiger partial charge on any atom is -0.329 e. The molecule has 2 atom stereocenters. The van der Waals surface area contributed by atoms with Crippen molar-refractivity contribution in [3.05, 3.63) is 0 Å². The molecule has 0 amide bonds. The molecule has 0 aliphatic heterocycles. The van der Waals surface area contributed by atoms with Gasteiger partial charge in [0.15, 0.2) is 0 Å². The minimum atomic E-state index is 0.129. The molecule has 0 aromatic carbocycles. The van der Waals surface area contributed by atoms with Crippen molar-refractivity contribution in [1.82, 2.24) is 5.32 Å². The molecule has 2 heteroatoms. The second kappa shape index (κ2) is 4.64. The third kappa shape index (κ3) is 2.72. The average Bonchev–Trinajstić information content (AvgIpc) is 2.15. The van der Waals surface area contributed by atoms with Crippen LogP contribution in [0.1, 0.15) is 32.6 Å². The first-order chi connectivity index (χ1) is 6.22. The van der Waals surface area contributed by atoms with Gasteiger partial charge in [0, 0.05) is 12.1 Å². The summed E-state index contributed by atoms with van der Waals surface area (Å²) in [5, 5.41) is 3.40. The topological polar surface area (TPSA) is 38.0 Å². The van der Waals surface area contributed by atoms with Crippen LogP contribution in [0.15, 0.2) is 0 Å². The summed E-state index contributed by atoms with van der Waals surface area (Å²) in [6.07, 6.45) is 10.2. The molecule has 2 nitrogen and oxygen atoms in total. The Morgan fingerprint density at radius 1 is 1.69 bits per heavy atom. The van der Waals surface area contributed by atoms with Crippen LogP contribution in [-0.2, 0) is 0 Å². The van der Waals surface area contributed by atoms with E-state index in [9.17, 15) is 0 Å². The lowest BCUT2D eigenvalue weighted by atomic mass is 9.76. The Balaban J connectivity index is 2.52. The Morgan fingerprint density at radius 2 is 2.46 bits per heavy atom. The highest BCUT2D eigenvalue weighted by atomic mass is 15.0. The maximum Gasteiger partial charge on any atom is 0.0578 e. The van der Waals surface area contributed by atoms with Gasteiger partial charge in [0.05, 0.1) is 6.54 Å². The molecule has 1 fully saturated rings. The first kappa shape index (κ1) is 10.6. The summed E-state index contributed by atoms with van der Waals surface area (Å²) >= 11 is 0. The second-order valence-electron chi connectivity index (χ2n) is 4.24. The monoisotopic (exact) mass is 180 g/mol. The molecule has 0 aromatic rings. The lowest BCUT2D eigenvalue weighted by Crippen LogP contribution is -2.53. The van der Waals surface area contributed by atoms with E-state index >= 15 is 0 Å². The maximum absolute atomic E-state index is 5.81. The molecule has 13 heavy (non-hydrogen) atoms. The first-order valence-corrected chi connectivity index (χ1v) is 5.11. The van der Waals surface area contributed by atoms with Gasteiger partial charge < -0.3 is 5.73 Å². The summed E-state index contributed by atoms with van der Waals surface area (Å²) in [5.74, 6) is 3.40. The fraction of sp³-hybridized carbons (Fsp3) is 0.818. The number of rotatable bonds is 3. The summed E-state index contributed by atoms with van der Waals surface area (Å²) < 4.78 is 0. The van der Waals surface area contributed by atoms with E-state index < -0.39 is 0 Å². The minimum absolute atomic E-state index is 0.129. The largest absolute Gasteiger partial charge is 0.329 e. The highest BCUT2D eigenvalue weighted by Gasteiger charge is 2.32. The van der Waals surface area contributed by atoms with Gasteiger partial charge in [-0.15, -0.1) is 6.42 Å². The van der Waals surface area contributed by atoms with Crippen molar-refractivity contribution in [2.45, 2.75) is 38.1 Å². The van der Waals surface area contributed by atoms with E-state index in [2.05, 4.69) is 18.2 Å². The van der Waals surface area contributed by atoms with Crippen LogP contribution in [0.3, 0.4) is 0 Å². The Kier molecular flexibility index (Phi) is 3.77. The van der Waals surface area contributed by atoms with Crippen LogP contribution in [0, 0.1) is 18.3 Å². The molecule has 0 radical (unpaired) electrons. The van der Waals surface area contributed by atoms with Crippen molar-refractivity contribution in [1.29, 1.82) is 0 Å². The predicted octanol–water partition coefficient (Wildman–Crippen LogP) is 1.12. The third-order valence-corrected chi connectivity index (χ3v) is 3.05. The molecule has 3 N–H and O–H groups in total. The second-order valence-corrected chi connectivity index (χ2v) is 4.24. The van der Waals surface area contributed by atoms with Gasteiger partial charge in [-0.1, -0.05) is 25.7 Å². The molecule has 2 unspecified atom stereocenters. The molecule has 1 aliphatic rings. The van der Waals surface area contributed by atoms with E-state index in [0.29, 0.717) is 13.1 Å². The molecular formula is C11H20N2. The Hall–Kier alpha value is -0.520. The molecule has 74 valence electrons. The molecule has 1 saturated carbocycles. The number of hydrogen-bond donors (Lipinski definition) is 2. The van der Waals surface area contributed by atoms with Crippen molar-refractivity contribution in [3.63, 3.8) is 0 Å². The molecule has 0 saturated heterocycles. The fourth-order valence-electron chi connectivity index (χ4n) is 2.32. The summed E-state index contributed by atoms with van der Waals surface area (Å²) in [4.78, 5) is 0. The van der Waals surface area contributed by atoms with Gasteiger partial charge in [0.2, 0.25) is 0 Å². The van der Waals surface area contributed by atoms with E-state index in [0.717, 1.165) is 5.92 Å². The number of hydrogen-bond acceptors (Lipinski definition) is 2. The summed E-state index contributed by atoms with van der Waals surface area (Å²) in [7, 11) is 0. The average molecular weight is 180 g/mol. The van der Waals surface area contributed by atoms with Crippen LogP contribution in [-0.4, -0.2) is 18.6 Å². The van der Waals surface area contributed by atoms with Gasteiger partial charge in [0.25, 0.3) is 0 Å². The molecule has 0 spiro atoms. The van der Waals surface area contributed by atoms with E-state index in [4.69, 9.17) is 12.2 Å². The van der Waals surface area contributed by atoms with Crippen LogP contribution in [0.2, 0.25) is 0 Å². The lowest BCUT2D eigenvalue weighted by molar-refractivity contribution is 0.200. The fourth-order valence-corrected chi connectivity index (χ4v) is 2.32. The molecule has 0 aromatic heterocycles. The molecule has 0 heterocycles. The van der Waals surface area contributed by atoms with Crippen molar-refractivity contribution in [2.24, 2.45) is 11.7 Å². The quantitative estimate of drug-likeness (QED) is 0.639. The zero-order chi connectivity index (χ0) is 9.73. The summed E-state index contributed by atoms with van der Waals surface area (Å²) in [6, 6.07) is 0. The van der Waals surface area contributed by atoms with Crippen molar-refractivity contribution >= 4 is 0 Å². The van der Waals surface area contributed by atoms with E-state index in [1.54, 1.807) is 0 Å². The standard InChI is InChI=1S/C11H20N2/c1-3-7-13-11(9-12)6-4-5-10(2)8-11/h1,10,13H,4-9,12H2,2H3. The zero-order valence-corrected chi connectivity index (χ0v) is 8.47. The van der Waals surface area contributed by atoms with Gasteiger partial charge in [-0.25, -0.2) is 0 Å². The Bertz CT molecular complexity index is 195. The van der Waals surface area contributed by atoms with Crippen molar-refractivity contribution < 1.29 is 0 Å². The highest BCUT2D eigenvalue weighted by molar-refractivity contribution is 4.98. The number of nitrogens with one attached hydrogen (secondary N) is 1. The molecule has 0 bridgehead atoms. The third-order valence-electron chi connectivity index (χ3n) is 3.05. The van der Waals surface area contributed by atoms with Gasteiger partial charge in [-0.3, -0.25) is 5.32 Å². The van der Waals surface area contributed by atoms with Crippen molar-refractivity contribution in [3.8, 4) is 12.3 Å². The predicted molar refractivity (Wildman–Crippen MR) is 56.3 cm³/mol. The van der Waals surface area contributed by atoms with Gasteiger partial charge in [-0.05, 0) is 18.8 Å². The SMILES string of the molecule is C#CCNC1(CN)CCCC(C)C1. The number of terminal acetylenes is 1. The van der Waals surface area contributed by atoms with Crippen molar-refractivity contribution in [2.75, 3.05) is 13.1 Å². The molecular weight excluding hydrogens is 160 g/mol. The smallest absolute Gasteiger partial charge is 0.0578 e. The van der Waals surface area contributed by atoms with Crippen LogP contribution in [0.25, 0.3) is 0 Å². The maximum atomic E-state index is 5.81. The van der Waals surface area contributed by atoms with Gasteiger partial charge >= 0.3 is 0 Å². The Labute approximate surface area is 81.3 Å². The summed E-state index contributed by atoms with van der Waals surface area (Å²) in [6.45, 7) is 3.64. The highest BCUT2D eigenvalue weighted by Crippen LogP contribution is 2.31. The summed E-state index contributed by atoms with van der Waals surface area (Å²) in [5.41, 5.74) is 5.94. The van der Waals surface area contributed by atoms with Crippen LogP contribution >= 0.6 is 0 Å². The Morgan fingerprint density at radius 3 is 3.00 bits per heavy atom. The molecule has 1 aliphatic carbocycles. The number of nitrogens with two attached hydrogens (primary N) is 1. The zero-order valence-electron chi connectivity index (χ0n) is 8.47. The molecule has 1 rings (SSSR count). The van der Waals surface area contributed by atoms with E-state index in [-0.39, 0.29) is 5.54 Å². The lowest BCUT2D eigenvalue weighted by Gasteiger charge is -2.39.